The predicted octanol–water partition coefficient (Wildman–Crippen LogP) is 3.91. The van der Waals surface area contributed by atoms with Gasteiger partial charge in [0.05, 0.1) is 11.4 Å². The molecule has 1 N–H and O–H groups in total. The molecule has 6 heteroatoms. The number of azo groups is 1. The Morgan fingerprint density at radius 3 is 2.32 bits per heavy atom. The number of benzene rings is 1. The van der Waals surface area contributed by atoms with Crippen molar-refractivity contribution in [3.05, 3.63) is 54.3 Å². The van der Waals surface area contributed by atoms with Gasteiger partial charge in [0.1, 0.15) is 0 Å². The lowest BCUT2D eigenvalue weighted by Gasteiger charge is -2.28. The third kappa shape index (κ3) is 3.08. The molecule has 1 aliphatic rings. The minimum absolute atomic E-state index is 0.290. The molecule has 1 atom stereocenters. The highest BCUT2D eigenvalue weighted by Crippen LogP contribution is 2.37. The molecule has 100 valence electrons. The second kappa shape index (κ2) is 4.97. The zero-order valence-corrected chi connectivity index (χ0v) is 9.80. The van der Waals surface area contributed by atoms with E-state index in [1.807, 2.05) is 6.07 Å². The van der Waals surface area contributed by atoms with Crippen LogP contribution in [0.2, 0.25) is 0 Å². The van der Waals surface area contributed by atoms with Gasteiger partial charge in [-0.2, -0.15) is 23.4 Å². The van der Waals surface area contributed by atoms with Crippen LogP contribution in [0.3, 0.4) is 0 Å². The number of allylic oxidation sites excluding steroid dienone is 1. The molecule has 0 saturated heterocycles. The molecule has 0 aromatic heterocycles. The van der Waals surface area contributed by atoms with Crippen LogP contribution in [0.25, 0.3) is 0 Å². The summed E-state index contributed by atoms with van der Waals surface area (Å²) in [6.07, 6.45) is -2.23. The fourth-order valence-corrected chi connectivity index (χ4v) is 1.51. The molecule has 0 saturated carbocycles. The van der Waals surface area contributed by atoms with Gasteiger partial charge in [-0.3, -0.25) is 0 Å². The lowest BCUT2D eigenvalue weighted by atomic mass is 9.94. The first kappa shape index (κ1) is 13.5. The lowest BCUT2D eigenvalue weighted by molar-refractivity contribution is -0.238. The van der Waals surface area contributed by atoms with Crippen molar-refractivity contribution in [2.45, 2.75) is 18.2 Å². The van der Waals surface area contributed by atoms with E-state index in [4.69, 9.17) is 0 Å². The zero-order valence-electron chi connectivity index (χ0n) is 9.80. The quantitative estimate of drug-likeness (QED) is 0.812. The Balaban J connectivity index is 2.07. The molecule has 19 heavy (non-hydrogen) atoms. The van der Waals surface area contributed by atoms with Gasteiger partial charge >= 0.3 is 6.18 Å². The van der Waals surface area contributed by atoms with Crippen LogP contribution in [-0.4, -0.2) is 16.9 Å². The van der Waals surface area contributed by atoms with Gasteiger partial charge < -0.3 is 5.11 Å². The molecular weight excluding hydrogens is 257 g/mol. The molecule has 0 heterocycles. The molecule has 1 aliphatic carbocycles. The molecule has 0 fully saturated rings. The minimum atomic E-state index is -4.69. The van der Waals surface area contributed by atoms with Crippen molar-refractivity contribution in [1.29, 1.82) is 0 Å². The van der Waals surface area contributed by atoms with Gasteiger partial charge in [-0.25, -0.2) is 0 Å². The monoisotopic (exact) mass is 268 g/mol. The van der Waals surface area contributed by atoms with Crippen LogP contribution in [0.1, 0.15) is 6.42 Å². The summed E-state index contributed by atoms with van der Waals surface area (Å²) in [6, 6.07) is 8.83. The van der Waals surface area contributed by atoms with Gasteiger partial charge in [0.25, 0.3) is 0 Å². The van der Waals surface area contributed by atoms with Crippen molar-refractivity contribution in [2.75, 3.05) is 0 Å². The summed E-state index contributed by atoms with van der Waals surface area (Å²) in [6.45, 7) is 0. The fraction of sp³-hybridized carbons (Fsp3) is 0.231. The highest BCUT2D eigenvalue weighted by Gasteiger charge is 2.51. The van der Waals surface area contributed by atoms with Gasteiger partial charge in [0.15, 0.2) is 5.60 Å². The van der Waals surface area contributed by atoms with E-state index in [0.29, 0.717) is 11.8 Å². The highest BCUT2D eigenvalue weighted by molar-refractivity contribution is 5.36. The first-order valence-corrected chi connectivity index (χ1v) is 5.56. The lowest BCUT2D eigenvalue weighted by Crippen LogP contribution is -2.43. The van der Waals surface area contributed by atoms with Gasteiger partial charge in [0.2, 0.25) is 0 Å². The van der Waals surface area contributed by atoms with E-state index in [9.17, 15) is 18.3 Å². The van der Waals surface area contributed by atoms with E-state index in [2.05, 4.69) is 10.2 Å². The summed E-state index contributed by atoms with van der Waals surface area (Å²) in [4.78, 5) is 0. The molecule has 1 unspecified atom stereocenters. The van der Waals surface area contributed by atoms with Crippen LogP contribution in [0.5, 0.6) is 0 Å². The first-order chi connectivity index (χ1) is 8.91. The van der Waals surface area contributed by atoms with Crippen LogP contribution in [0.4, 0.5) is 18.9 Å². The number of halogens is 3. The van der Waals surface area contributed by atoms with Crippen molar-refractivity contribution in [3.8, 4) is 0 Å². The smallest absolute Gasteiger partial charge is 0.376 e. The van der Waals surface area contributed by atoms with Gasteiger partial charge in [0, 0.05) is 6.42 Å². The Morgan fingerprint density at radius 2 is 1.79 bits per heavy atom. The second-order valence-corrected chi connectivity index (χ2v) is 4.12. The Kier molecular flexibility index (Phi) is 3.53. The van der Waals surface area contributed by atoms with Crippen LogP contribution < -0.4 is 0 Å². The first-order valence-electron chi connectivity index (χ1n) is 5.56. The highest BCUT2D eigenvalue weighted by atomic mass is 19.4. The normalized spacial score (nSPS) is 23.7. The summed E-state index contributed by atoms with van der Waals surface area (Å²) < 4.78 is 37.6. The van der Waals surface area contributed by atoms with Crippen molar-refractivity contribution in [3.63, 3.8) is 0 Å². The van der Waals surface area contributed by atoms with E-state index in [-0.39, 0.29) is 5.70 Å². The maximum absolute atomic E-state index is 12.5. The van der Waals surface area contributed by atoms with Gasteiger partial charge in [-0.15, -0.1) is 0 Å². The Morgan fingerprint density at radius 1 is 1.11 bits per heavy atom. The minimum Gasteiger partial charge on any atom is -0.376 e. The predicted molar refractivity (Wildman–Crippen MR) is 63.8 cm³/mol. The fourth-order valence-electron chi connectivity index (χ4n) is 1.51. The number of alkyl halides is 3. The van der Waals surface area contributed by atoms with Crippen molar-refractivity contribution in [1.82, 2.24) is 0 Å². The summed E-state index contributed by atoms with van der Waals surface area (Å²) in [5.74, 6) is 0. The number of nitrogens with zero attached hydrogens (tertiary/aromatic N) is 2. The Bertz CT molecular complexity index is 535. The van der Waals surface area contributed by atoms with Gasteiger partial charge in [-0.1, -0.05) is 24.3 Å². The summed E-state index contributed by atoms with van der Waals surface area (Å²) >= 11 is 0. The molecular formula is C13H11F3N2O. The number of hydrogen-bond acceptors (Lipinski definition) is 3. The van der Waals surface area contributed by atoms with Crippen LogP contribution in [0.15, 0.2) is 64.5 Å². The summed E-state index contributed by atoms with van der Waals surface area (Å²) in [7, 11) is 0. The molecule has 0 aliphatic heterocycles. The molecule has 0 amide bonds. The maximum atomic E-state index is 12.5. The van der Waals surface area contributed by atoms with E-state index in [1.165, 1.54) is 6.08 Å². The molecule has 0 radical (unpaired) electrons. The topological polar surface area (TPSA) is 45.0 Å². The van der Waals surface area contributed by atoms with Crippen LogP contribution >= 0.6 is 0 Å². The van der Waals surface area contributed by atoms with Crippen molar-refractivity contribution < 1.29 is 18.3 Å². The number of rotatable bonds is 2. The SMILES string of the molecule is OC1(C(F)(F)F)C=CC(N=Nc2ccccc2)=CC1. The van der Waals surface area contributed by atoms with E-state index < -0.39 is 18.2 Å². The molecule has 0 bridgehead atoms. The van der Waals surface area contributed by atoms with Crippen molar-refractivity contribution in [2.24, 2.45) is 10.2 Å². The third-order valence-corrected chi connectivity index (χ3v) is 2.68. The van der Waals surface area contributed by atoms with Crippen LogP contribution in [0, 0.1) is 0 Å². The standard InChI is InChI=1S/C13H11F3N2O/c14-13(15,16)12(19)8-6-11(7-9-12)18-17-10-4-2-1-3-5-10/h1-8,19H,9H2. The van der Waals surface area contributed by atoms with Crippen LogP contribution in [-0.2, 0) is 0 Å². The summed E-state index contributed by atoms with van der Waals surface area (Å²) in [5.41, 5.74) is -1.91. The molecule has 3 nitrogen and oxygen atoms in total. The maximum Gasteiger partial charge on any atom is 0.421 e. The average Bonchev–Trinajstić information content (AvgIpc) is 2.38. The Labute approximate surface area is 107 Å². The number of aliphatic hydroxyl groups is 1. The summed E-state index contributed by atoms with van der Waals surface area (Å²) in [5, 5.41) is 17.1. The third-order valence-electron chi connectivity index (χ3n) is 2.68. The van der Waals surface area contributed by atoms with Gasteiger partial charge in [-0.05, 0) is 24.3 Å². The second-order valence-electron chi connectivity index (χ2n) is 4.12. The van der Waals surface area contributed by atoms with E-state index >= 15 is 0 Å². The van der Waals surface area contributed by atoms with Crippen molar-refractivity contribution >= 4 is 5.69 Å². The Hall–Kier alpha value is -1.95. The zero-order chi connectivity index (χ0) is 13.9. The van der Waals surface area contributed by atoms with E-state index in [1.54, 1.807) is 24.3 Å². The largest absolute Gasteiger partial charge is 0.421 e. The molecule has 0 spiro atoms. The average molecular weight is 268 g/mol. The van der Waals surface area contributed by atoms with E-state index in [0.717, 1.165) is 6.08 Å². The molecule has 1 aromatic rings. The molecule has 1 aromatic carbocycles. The molecule has 2 rings (SSSR count). The number of hydrogen-bond donors (Lipinski definition) is 1.